The molecule has 4 fully saturated rings. The molecule has 0 spiro atoms. The molecule has 18 N–H and O–H groups in total. The summed E-state index contributed by atoms with van der Waals surface area (Å²) in [5, 5.41) is 47.5. The summed E-state index contributed by atoms with van der Waals surface area (Å²) in [4.78, 5) is 206. The summed E-state index contributed by atoms with van der Waals surface area (Å²) in [6.07, 6.45) is 2.35. The summed E-state index contributed by atoms with van der Waals surface area (Å²) in [5.41, 5.74) is 19.0. The number of hydrogen-bond acceptors (Lipinski definition) is 20. The highest BCUT2D eigenvalue weighted by molar-refractivity contribution is 8.76. The molecule has 4 heterocycles. The lowest BCUT2D eigenvalue weighted by molar-refractivity contribution is -0.148. The molecule has 0 radical (unpaired) electrons. The van der Waals surface area contributed by atoms with Crippen LogP contribution in [0.2, 0.25) is 0 Å². The number of hydrogen-bond donors (Lipinski definition) is 15. The van der Waals surface area contributed by atoms with Gasteiger partial charge in [-0.15, -0.1) is 0 Å². The van der Waals surface area contributed by atoms with Crippen LogP contribution in [0.5, 0.6) is 11.5 Å². The Kier molecular flexibility index (Phi) is 33.6. The second kappa shape index (κ2) is 41.4. The standard InChI is InChI=1S/C72H110N16O16S2/c1-10-41(8)59(60(75)92)85-64(96)48(30-39(4)5)78-65(97)52(34-73)82-67(99)54-36-105-106-37-55(76-42(9)89)71(103)88-28-14-17-58(88)72(104)87-27-13-16-57(87)68(100)80-50(33-44-20-24-46(91)25-21-44)63(95)81-51(31-40(6)7)70(102)86-26-12-11-15-56(86)69(101)83-53(35-74)66(98)79-49(32-43-18-22-45(90)23-19-43)62(94)77-47(29-38(2)3)61(93)84-54/h18-25,38-41,47-59,90-91H,10-17,26-37,73-74H2,1-9H3,(H2,75,92)(H,76,89)(H,77,94)(H,78,97)(H,79,98)(H,80,100)(H,81,95)(H,82,99)(H,83,101)(H,84,93)(H,85,96)/t41-,47-,48-,49-,50-,51-,52-,53-,54-,55-,56-,57-,58-,59-/m0/s1. The maximum atomic E-state index is 15.1. The monoisotopic (exact) mass is 1520 g/mol. The first-order valence-electron chi connectivity index (χ1n) is 36.7. The van der Waals surface area contributed by atoms with Gasteiger partial charge in [0, 0.05) is 64.0 Å². The Morgan fingerprint density at radius 2 is 0.972 bits per heavy atom. The third kappa shape index (κ3) is 25.2. The predicted octanol–water partition coefficient (Wildman–Crippen LogP) is -0.904. The lowest BCUT2D eigenvalue weighted by Crippen LogP contribution is -2.63. The Labute approximate surface area is 627 Å². The first kappa shape index (κ1) is 86.2. The molecule has 34 heteroatoms. The van der Waals surface area contributed by atoms with Gasteiger partial charge in [0.15, 0.2) is 0 Å². The quantitative estimate of drug-likeness (QED) is 0.0635. The Morgan fingerprint density at radius 3 is 1.49 bits per heavy atom. The highest BCUT2D eigenvalue weighted by atomic mass is 33.1. The number of piperidine rings is 1. The number of nitrogens with one attached hydrogen (secondary N) is 10. The van der Waals surface area contributed by atoms with Gasteiger partial charge < -0.3 is 95.3 Å². The van der Waals surface area contributed by atoms with Crippen molar-refractivity contribution >= 4 is 104 Å². The maximum Gasteiger partial charge on any atom is 0.246 e. The number of primary amides is 1. The van der Waals surface area contributed by atoms with E-state index < -0.39 is 174 Å². The van der Waals surface area contributed by atoms with Gasteiger partial charge in [-0.2, -0.15) is 0 Å². The number of nitrogens with zero attached hydrogens (tertiary/aromatic N) is 3. The molecule has 14 atom stereocenters. The normalized spacial score (nSPS) is 25.1. The molecule has 0 aromatic heterocycles. The minimum Gasteiger partial charge on any atom is -0.508 e. The molecule has 0 saturated carbocycles. The molecule has 4 saturated heterocycles. The van der Waals surface area contributed by atoms with E-state index >= 15 is 4.79 Å². The Bertz CT molecular complexity index is 3420. The van der Waals surface area contributed by atoms with Crippen LogP contribution < -0.4 is 70.4 Å². The molecule has 2 aromatic carbocycles. The minimum atomic E-state index is -1.59. The third-order valence-electron chi connectivity index (χ3n) is 19.2. The first-order chi connectivity index (χ1) is 50.2. The van der Waals surface area contributed by atoms with Crippen LogP contribution in [0.4, 0.5) is 0 Å². The number of benzene rings is 2. The topological polar surface area (TPSA) is 488 Å². The smallest absolute Gasteiger partial charge is 0.246 e. The van der Waals surface area contributed by atoms with Crippen molar-refractivity contribution in [1.82, 2.24) is 67.9 Å². The van der Waals surface area contributed by atoms with E-state index in [1.807, 2.05) is 20.8 Å². The zero-order valence-electron chi connectivity index (χ0n) is 62.1. The second-order valence-corrected chi connectivity index (χ2v) is 31.7. The summed E-state index contributed by atoms with van der Waals surface area (Å²) >= 11 is 0. The van der Waals surface area contributed by atoms with Gasteiger partial charge in [-0.05, 0) is 123 Å². The number of amides is 14. The zero-order chi connectivity index (χ0) is 78.2. The Hall–Kier alpha value is -8.76. The van der Waals surface area contributed by atoms with Crippen LogP contribution in [0.3, 0.4) is 0 Å². The molecule has 4 aliphatic rings. The van der Waals surface area contributed by atoms with E-state index in [0.717, 1.165) is 21.6 Å². The van der Waals surface area contributed by atoms with E-state index in [-0.39, 0.29) is 118 Å². The SMILES string of the molecule is CC[C@H](C)[C@H](NC(=O)[C@H](CC(C)C)NC(=O)[C@H](CN)NC(=O)[C@@H]1CSSC[C@H](NC(C)=O)C(=O)N2CCC[C@H]2C(=O)N2CCC[C@H]2C(=O)N[C@@H](Cc2ccc(O)cc2)C(=O)N[C@@H](CC(C)C)C(=O)N2CCCC[C@H]2C(=O)N[C@@H](CN)C(=O)N[C@@H](Cc2ccc(O)cc2)C(=O)N[C@@H](CC(C)C)C(=O)N1)C(N)=O. The van der Waals surface area contributed by atoms with Gasteiger partial charge in [0.2, 0.25) is 82.7 Å². The lowest BCUT2D eigenvalue weighted by Gasteiger charge is -2.38. The molecule has 32 nitrogen and oxygen atoms in total. The fourth-order valence-electron chi connectivity index (χ4n) is 13.4. The minimum absolute atomic E-state index is 0.0632. The van der Waals surface area contributed by atoms with Gasteiger partial charge in [0.1, 0.15) is 90.0 Å². The molecular weight excluding hydrogens is 1410 g/mol. The van der Waals surface area contributed by atoms with E-state index in [1.54, 1.807) is 46.8 Å². The predicted molar refractivity (Wildman–Crippen MR) is 397 cm³/mol. The first-order valence-corrected chi connectivity index (χ1v) is 39.1. The van der Waals surface area contributed by atoms with Gasteiger partial charge in [-0.1, -0.05) is 108 Å². The number of carbonyl (C=O) groups excluding carboxylic acids is 14. The van der Waals surface area contributed by atoms with E-state index in [4.69, 9.17) is 17.2 Å². The molecule has 586 valence electrons. The molecule has 14 amide bonds. The maximum absolute atomic E-state index is 15.1. The molecule has 0 unspecified atom stereocenters. The summed E-state index contributed by atoms with van der Waals surface area (Å²) in [7, 11) is 1.97. The van der Waals surface area contributed by atoms with Crippen LogP contribution in [0.25, 0.3) is 0 Å². The van der Waals surface area contributed by atoms with Crippen LogP contribution >= 0.6 is 21.6 Å². The van der Waals surface area contributed by atoms with Crippen LogP contribution in [0.1, 0.15) is 144 Å². The van der Waals surface area contributed by atoms with Crippen molar-refractivity contribution in [3.05, 3.63) is 59.7 Å². The summed E-state index contributed by atoms with van der Waals surface area (Å²) in [6, 6.07) is -5.70. The summed E-state index contributed by atoms with van der Waals surface area (Å²) < 4.78 is 0. The van der Waals surface area contributed by atoms with Crippen molar-refractivity contribution in [2.24, 2.45) is 40.9 Å². The van der Waals surface area contributed by atoms with Crippen LogP contribution in [-0.4, -0.2) is 230 Å². The van der Waals surface area contributed by atoms with E-state index in [0.29, 0.717) is 43.2 Å². The number of phenolic OH excluding ortho intramolecular Hbond substituents is 2. The third-order valence-corrected chi connectivity index (χ3v) is 21.6. The van der Waals surface area contributed by atoms with Gasteiger partial charge in [0.25, 0.3) is 0 Å². The van der Waals surface area contributed by atoms with Gasteiger partial charge in [-0.25, -0.2) is 0 Å². The number of rotatable bonds is 22. The van der Waals surface area contributed by atoms with Crippen LogP contribution in [0, 0.1) is 23.7 Å². The van der Waals surface area contributed by atoms with E-state index in [1.165, 1.54) is 58.0 Å². The largest absolute Gasteiger partial charge is 0.508 e. The van der Waals surface area contributed by atoms with Crippen molar-refractivity contribution in [2.45, 2.75) is 224 Å². The van der Waals surface area contributed by atoms with Crippen LogP contribution in [-0.2, 0) is 80.0 Å². The second-order valence-electron chi connectivity index (χ2n) is 29.1. The molecular formula is C72H110N16O16S2. The molecule has 0 aliphatic carbocycles. The highest BCUT2D eigenvalue weighted by Gasteiger charge is 2.46. The summed E-state index contributed by atoms with van der Waals surface area (Å²) in [6.45, 7) is 14.7. The fraction of sp³-hybridized carbons (Fsp3) is 0.639. The van der Waals surface area contributed by atoms with Crippen molar-refractivity contribution in [1.29, 1.82) is 0 Å². The number of nitrogens with two attached hydrogens (primary N) is 3. The molecule has 4 aliphatic heterocycles. The number of fused-ring (bicyclic) bond motifs is 3. The number of phenols is 2. The average molecular weight is 1520 g/mol. The van der Waals surface area contributed by atoms with Crippen molar-refractivity contribution in [3.8, 4) is 11.5 Å². The fourth-order valence-corrected chi connectivity index (χ4v) is 15.7. The lowest BCUT2D eigenvalue weighted by atomic mass is 9.96. The zero-order valence-corrected chi connectivity index (χ0v) is 63.7. The molecule has 2 aromatic rings. The Morgan fingerprint density at radius 1 is 0.519 bits per heavy atom. The molecule has 106 heavy (non-hydrogen) atoms. The average Bonchev–Trinajstić information content (AvgIpc) is 1.70. The van der Waals surface area contributed by atoms with E-state index in [9.17, 15) is 72.5 Å². The van der Waals surface area contributed by atoms with Crippen LogP contribution in [0.15, 0.2) is 48.5 Å². The van der Waals surface area contributed by atoms with E-state index in [2.05, 4.69) is 53.2 Å². The Balaban J connectivity index is 1.41. The molecule has 0 bridgehead atoms. The number of aromatic hydroxyl groups is 2. The van der Waals surface area contributed by atoms with Crippen molar-refractivity contribution in [3.63, 3.8) is 0 Å². The van der Waals surface area contributed by atoms with Crippen molar-refractivity contribution in [2.75, 3.05) is 44.2 Å². The summed E-state index contributed by atoms with van der Waals surface area (Å²) in [5.74, 6) is -12.6. The molecule has 6 rings (SSSR count). The van der Waals surface area contributed by atoms with Crippen molar-refractivity contribution < 1.29 is 77.3 Å². The van der Waals surface area contributed by atoms with Gasteiger partial charge in [-0.3, -0.25) is 67.1 Å². The highest BCUT2D eigenvalue weighted by Crippen LogP contribution is 2.30. The number of carbonyl (C=O) groups is 14. The van der Waals surface area contributed by atoms with Gasteiger partial charge >= 0.3 is 0 Å². The van der Waals surface area contributed by atoms with Gasteiger partial charge in [0.05, 0.1) is 0 Å².